The molecule has 0 aliphatic rings. The lowest BCUT2D eigenvalue weighted by atomic mass is 10.2. The predicted molar refractivity (Wildman–Crippen MR) is 130 cm³/mol. The van der Waals surface area contributed by atoms with Crippen molar-refractivity contribution in [2.75, 3.05) is 32.4 Å². The number of nitrogens with one attached hydrogen (secondary N) is 1. The van der Waals surface area contributed by atoms with Crippen molar-refractivity contribution in [3.05, 3.63) is 59.6 Å². The molecule has 1 heterocycles. The van der Waals surface area contributed by atoms with Crippen molar-refractivity contribution in [1.82, 2.24) is 4.98 Å². The largest absolute Gasteiger partial charge is 0.493 e. The number of hydrogen-bond acceptors (Lipinski definition) is 7. The van der Waals surface area contributed by atoms with Crippen LogP contribution in [0.25, 0.3) is 22.6 Å². The summed E-state index contributed by atoms with van der Waals surface area (Å²) < 4.78 is 22.1. The smallest absolute Gasteiger partial charge is 0.234 e. The Kier molecular flexibility index (Phi) is 6.96. The molecular weight excluding hydrogens is 464 g/mol. The fraction of sp³-hybridized carbons (Fsp3) is 0.167. The molecule has 170 valence electrons. The van der Waals surface area contributed by atoms with Crippen LogP contribution in [-0.4, -0.2) is 38.0 Å². The van der Waals surface area contributed by atoms with Crippen molar-refractivity contribution < 1.29 is 23.4 Å². The number of benzene rings is 3. The second-order valence-corrected chi connectivity index (χ2v) is 8.39. The first-order valence-corrected chi connectivity index (χ1v) is 11.3. The predicted octanol–water partition coefficient (Wildman–Crippen LogP) is 5.90. The molecule has 1 amide bonds. The highest BCUT2D eigenvalue weighted by Gasteiger charge is 2.17. The number of methoxy groups -OCH3 is 3. The topological polar surface area (TPSA) is 82.8 Å². The highest BCUT2D eigenvalue weighted by molar-refractivity contribution is 8.00. The highest BCUT2D eigenvalue weighted by atomic mass is 35.5. The third-order valence-corrected chi connectivity index (χ3v) is 6.03. The summed E-state index contributed by atoms with van der Waals surface area (Å²) in [4.78, 5) is 17.9. The van der Waals surface area contributed by atoms with E-state index in [0.717, 1.165) is 4.90 Å². The number of ether oxygens (including phenoxy) is 3. The molecule has 0 fully saturated rings. The number of rotatable bonds is 8. The van der Waals surface area contributed by atoms with Crippen LogP contribution >= 0.6 is 23.4 Å². The second-order valence-electron chi connectivity index (χ2n) is 6.91. The van der Waals surface area contributed by atoms with Crippen molar-refractivity contribution in [1.29, 1.82) is 0 Å². The zero-order valence-electron chi connectivity index (χ0n) is 18.2. The van der Waals surface area contributed by atoms with Gasteiger partial charge in [0.1, 0.15) is 5.52 Å². The summed E-state index contributed by atoms with van der Waals surface area (Å²) in [6.07, 6.45) is 0. The summed E-state index contributed by atoms with van der Waals surface area (Å²) in [5, 5.41) is 3.55. The lowest BCUT2D eigenvalue weighted by Gasteiger charge is -2.12. The second kappa shape index (κ2) is 10.1. The lowest BCUT2D eigenvalue weighted by Crippen LogP contribution is -2.13. The maximum Gasteiger partial charge on any atom is 0.234 e. The van der Waals surface area contributed by atoms with Gasteiger partial charge in [0.25, 0.3) is 0 Å². The molecule has 0 aliphatic carbocycles. The number of carbonyl (C=O) groups is 1. The first-order chi connectivity index (χ1) is 16.0. The minimum absolute atomic E-state index is 0.123. The fourth-order valence-corrected chi connectivity index (χ4v) is 4.03. The summed E-state index contributed by atoms with van der Waals surface area (Å²) in [6.45, 7) is 0. The van der Waals surface area contributed by atoms with E-state index in [2.05, 4.69) is 10.3 Å². The number of oxazole rings is 1. The first-order valence-electron chi connectivity index (χ1n) is 9.90. The van der Waals surface area contributed by atoms with Crippen LogP contribution in [0.5, 0.6) is 17.2 Å². The van der Waals surface area contributed by atoms with Crippen molar-refractivity contribution in [3.8, 4) is 28.7 Å². The Morgan fingerprint density at radius 3 is 2.33 bits per heavy atom. The van der Waals surface area contributed by atoms with E-state index < -0.39 is 0 Å². The van der Waals surface area contributed by atoms with Gasteiger partial charge in [-0.2, -0.15) is 0 Å². The third-order valence-electron chi connectivity index (χ3n) is 4.77. The zero-order chi connectivity index (χ0) is 23.4. The minimum atomic E-state index is -0.123. The molecule has 7 nitrogen and oxygen atoms in total. The van der Waals surface area contributed by atoms with E-state index in [1.165, 1.54) is 11.8 Å². The van der Waals surface area contributed by atoms with Gasteiger partial charge in [-0.1, -0.05) is 11.6 Å². The average molecular weight is 485 g/mol. The van der Waals surface area contributed by atoms with Gasteiger partial charge in [0, 0.05) is 21.2 Å². The molecule has 0 bridgehead atoms. The summed E-state index contributed by atoms with van der Waals surface area (Å²) in [7, 11) is 4.64. The number of halogens is 1. The Morgan fingerprint density at radius 1 is 1.00 bits per heavy atom. The molecular formula is C24H21ClN2O5S. The molecule has 0 unspecified atom stereocenters. The van der Waals surface area contributed by atoms with E-state index in [9.17, 15) is 4.79 Å². The zero-order valence-corrected chi connectivity index (χ0v) is 19.8. The number of hydrogen-bond donors (Lipinski definition) is 1. The summed E-state index contributed by atoms with van der Waals surface area (Å²) in [6, 6.07) is 16.2. The van der Waals surface area contributed by atoms with Crippen LogP contribution in [0.1, 0.15) is 0 Å². The molecule has 4 aromatic rings. The van der Waals surface area contributed by atoms with Crippen LogP contribution in [-0.2, 0) is 4.79 Å². The molecule has 0 saturated carbocycles. The normalized spacial score (nSPS) is 10.8. The Hall–Kier alpha value is -3.36. The average Bonchev–Trinajstić information content (AvgIpc) is 3.26. The Balaban J connectivity index is 1.51. The summed E-state index contributed by atoms with van der Waals surface area (Å²) in [5.74, 6) is 2.03. The molecule has 1 aromatic heterocycles. The van der Waals surface area contributed by atoms with Gasteiger partial charge in [-0.05, 0) is 54.6 Å². The molecule has 0 atom stereocenters. The van der Waals surface area contributed by atoms with Crippen molar-refractivity contribution in [2.24, 2.45) is 0 Å². The number of anilines is 1. The molecule has 0 saturated heterocycles. The van der Waals surface area contributed by atoms with Gasteiger partial charge in [-0.25, -0.2) is 4.98 Å². The maximum atomic E-state index is 12.4. The molecule has 33 heavy (non-hydrogen) atoms. The van der Waals surface area contributed by atoms with E-state index in [0.29, 0.717) is 50.5 Å². The van der Waals surface area contributed by atoms with E-state index in [1.807, 2.05) is 12.1 Å². The van der Waals surface area contributed by atoms with E-state index in [-0.39, 0.29) is 11.7 Å². The molecule has 9 heteroatoms. The molecule has 1 N–H and O–H groups in total. The monoisotopic (exact) mass is 484 g/mol. The van der Waals surface area contributed by atoms with Gasteiger partial charge in [-0.15, -0.1) is 11.8 Å². The van der Waals surface area contributed by atoms with Gasteiger partial charge in [0.05, 0.1) is 27.1 Å². The number of fused-ring (bicyclic) bond motifs is 1. The molecule has 3 aromatic carbocycles. The standard InChI is InChI=1S/C24H21ClN2O5S/c1-29-20-10-14(11-21(30-2)23(20)31-3)24-27-18-12-16(6-9-19(18)32-24)26-22(28)13-33-17-7-4-15(25)5-8-17/h4-12H,13H2,1-3H3,(H,26,28). The summed E-state index contributed by atoms with van der Waals surface area (Å²) in [5.41, 5.74) is 2.51. The van der Waals surface area contributed by atoms with Crippen molar-refractivity contribution in [2.45, 2.75) is 4.90 Å². The Morgan fingerprint density at radius 2 is 1.70 bits per heavy atom. The van der Waals surface area contributed by atoms with Crippen LogP contribution in [0.3, 0.4) is 0 Å². The lowest BCUT2D eigenvalue weighted by molar-refractivity contribution is -0.113. The maximum absolute atomic E-state index is 12.4. The van der Waals surface area contributed by atoms with Crippen LogP contribution in [0.15, 0.2) is 63.9 Å². The van der Waals surface area contributed by atoms with Gasteiger partial charge < -0.3 is 23.9 Å². The molecule has 0 spiro atoms. The number of thioether (sulfide) groups is 1. The minimum Gasteiger partial charge on any atom is -0.493 e. The Bertz CT molecular complexity index is 1270. The molecule has 0 radical (unpaired) electrons. The van der Waals surface area contributed by atoms with Gasteiger partial charge >= 0.3 is 0 Å². The van der Waals surface area contributed by atoms with Crippen molar-refractivity contribution in [3.63, 3.8) is 0 Å². The summed E-state index contributed by atoms with van der Waals surface area (Å²) >= 11 is 7.33. The van der Waals surface area contributed by atoms with Gasteiger partial charge in [0.15, 0.2) is 17.1 Å². The first kappa shape index (κ1) is 22.8. The number of carbonyl (C=O) groups excluding carboxylic acids is 1. The van der Waals surface area contributed by atoms with Gasteiger partial charge in [-0.3, -0.25) is 4.79 Å². The van der Waals surface area contributed by atoms with E-state index in [1.54, 1.807) is 63.8 Å². The van der Waals surface area contributed by atoms with Crippen LogP contribution in [0.2, 0.25) is 5.02 Å². The van der Waals surface area contributed by atoms with E-state index >= 15 is 0 Å². The van der Waals surface area contributed by atoms with Crippen molar-refractivity contribution >= 4 is 46.1 Å². The highest BCUT2D eigenvalue weighted by Crippen LogP contribution is 2.41. The molecule has 4 rings (SSSR count). The Labute approximate surface area is 200 Å². The van der Waals surface area contributed by atoms with E-state index in [4.69, 9.17) is 30.2 Å². The van der Waals surface area contributed by atoms with Crippen LogP contribution < -0.4 is 19.5 Å². The molecule has 0 aliphatic heterocycles. The quantitative estimate of drug-likeness (QED) is 0.311. The number of aromatic nitrogens is 1. The van der Waals surface area contributed by atoms with Gasteiger partial charge in [0.2, 0.25) is 17.5 Å². The third kappa shape index (κ3) is 5.18. The number of nitrogens with zero attached hydrogens (tertiary/aromatic N) is 1. The fourth-order valence-electron chi connectivity index (χ4n) is 3.21. The number of amides is 1. The SMILES string of the molecule is COc1cc(-c2nc3cc(NC(=O)CSc4ccc(Cl)cc4)ccc3o2)cc(OC)c1OC. The van der Waals surface area contributed by atoms with Crippen LogP contribution in [0, 0.1) is 0 Å². The van der Waals surface area contributed by atoms with Crippen LogP contribution in [0.4, 0.5) is 5.69 Å².